The fourth-order valence-corrected chi connectivity index (χ4v) is 4.88. The molecule has 0 bridgehead atoms. The van der Waals surface area contributed by atoms with Gasteiger partial charge >= 0.3 is 5.97 Å². The van der Waals surface area contributed by atoms with Crippen molar-refractivity contribution in [3.8, 4) is 17.2 Å². The van der Waals surface area contributed by atoms with Crippen LogP contribution in [0, 0.1) is 0 Å². The number of benzene rings is 3. The largest absolute Gasteiger partial charge is 0.503 e. The van der Waals surface area contributed by atoms with Crippen molar-refractivity contribution in [1.82, 2.24) is 4.90 Å². The van der Waals surface area contributed by atoms with Crippen LogP contribution in [0.4, 0.5) is 5.69 Å². The summed E-state index contributed by atoms with van der Waals surface area (Å²) < 4.78 is 10.9. The number of carboxylic acids is 1. The molecule has 3 aromatic carbocycles. The fourth-order valence-electron chi connectivity index (χ4n) is 3.42. The van der Waals surface area contributed by atoms with Gasteiger partial charge in [0.15, 0.2) is 16.7 Å². The molecule has 1 amide bonds. The molecule has 0 aliphatic carbocycles. The number of nitrogens with zero attached hydrogens (tertiary/aromatic N) is 2. The van der Waals surface area contributed by atoms with Crippen LogP contribution in [-0.2, 0) is 11.3 Å². The number of amides is 1. The molecule has 0 saturated carbocycles. The summed E-state index contributed by atoms with van der Waals surface area (Å²) in [5.41, 5.74) is 2.23. The third kappa shape index (κ3) is 5.55. The van der Waals surface area contributed by atoms with Crippen LogP contribution in [0.3, 0.4) is 0 Å². The molecule has 1 heterocycles. The lowest BCUT2D eigenvalue weighted by Gasteiger charge is -2.16. The number of ether oxygens (including phenoxy) is 2. The molecule has 1 aliphatic rings. The summed E-state index contributed by atoms with van der Waals surface area (Å²) in [4.78, 5) is 31.3. The number of phenols is 1. The second-order valence-electron chi connectivity index (χ2n) is 7.65. The van der Waals surface area contributed by atoms with Gasteiger partial charge < -0.3 is 19.7 Å². The van der Waals surface area contributed by atoms with Crippen molar-refractivity contribution in [3.05, 3.63) is 86.7 Å². The van der Waals surface area contributed by atoms with Gasteiger partial charge in [-0.1, -0.05) is 12.1 Å². The van der Waals surface area contributed by atoms with Crippen molar-refractivity contribution in [2.24, 2.45) is 4.99 Å². The number of aromatic carboxylic acids is 1. The molecule has 2 N–H and O–H groups in total. The summed E-state index contributed by atoms with van der Waals surface area (Å²) in [5.74, 6) is -0.334. The Bertz CT molecular complexity index is 1370. The van der Waals surface area contributed by atoms with E-state index in [1.807, 2.05) is 0 Å². The summed E-state index contributed by atoms with van der Waals surface area (Å²) in [6, 6.07) is 16.8. The van der Waals surface area contributed by atoms with Crippen molar-refractivity contribution in [2.45, 2.75) is 6.54 Å². The number of rotatable bonds is 7. The molecule has 10 heteroatoms. The molecule has 36 heavy (non-hydrogen) atoms. The first-order valence-corrected chi connectivity index (χ1v) is 12.2. The fraction of sp³-hybridized carbons (Fsp3) is 0.115. The number of halogens is 1. The molecule has 0 spiro atoms. The second-order valence-corrected chi connectivity index (χ2v) is 9.51. The average Bonchev–Trinajstić information content (AvgIpc) is 3.15. The third-order valence-corrected chi connectivity index (χ3v) is 6.91. The van der Waals surface area contributed by atoms with Crippen LogP contribution in [0.1, 0.15) is 21.5 Å². The second kappa shape index (κ2) is 10.9. The molecule has 4 rings (SSSR count). The minimum atomic E-state index is -1.02. The standard InChI is InChI=1S/C26H21BrN2O6S/c1-34-19-9-7-18(8-10-19)28-26-29(14-15-3-5-17(6-4-15)25(32)33)24(31)22(36-26)13-16-11-20(27)23(30)21(12-16)35-2/h3-13,30H,14H2,1-2H3,(H,32,33)/b22-13-,28-26?. The van der Waals surface area contributed by atoms with Crippen molar-refractivity contribution < 1.29 is 29.3 Å². The average molecular weight is 569 g/mol. The third-order valence-electron chi connectivity index (χ3n) is 5.30. The minimum Gasteiger partial charge on any atom is -0.503 e. The molecule has 1 aliphatic heterocycles. The van der Waals surface area contributed by atoms with E-state index in [9.17, 15) is 14.7 Å². The molecule has 3 aromatic rings. The van der Waals surface area contributed by atoms with Crippen LogP contribution >= 0.6 is 27.7 Å². The van der Waals surface area contributed by atoms with E-state index < -0.39 is 5.97 Å². The topological polar surface area (TPSA) is 109 Å². The maximum atomic E-state index is 13.4. The number of aromatic hydroxyl groups is 1. The first-order chi connectivity index (χ1) is 17.3. The van der Waals surface area contributed by atoms with Crippen molar-refractivity contribution in [3.63, 3.8) is 0 Å². The summed E-state index contributed by atoms with van der Waals surface area (Å²) in [7, 11) is 3.03. The number of hydrogen-bond donors (Lipinski definition) is 2. The van der Waals surface area contributed by atoms with E-state index in [1.54, 1.807) is 66.6 Å². The Kier molecular flexibility index (Phi) is 7.66. The molecule has 0 unspecified atom stereocenters. The zero-order valence-electron chi connectivity index (χ0n) is 19.3. The normalized spacial score (nSPS) is 15.5. The van der Waals surface area contributed by atoms with Gasteiger partial charge in [0.25, 0.3) is 5.91 Å². The Labute approximate surface area is 220 Å². The maximum Gasteiger partial charge on any atom is 0.335 e. The minimum absolute atomic E-state index is 0.0294. The van der Waals surface area contributed by atoms with Gasteiger partial charge in [0, 0.05) is 0 Å². The number of carboxylic acid groups (broad SMARTS) is 1. The summed E-state index contributed by atoms with van der Waals surface area (Å²) in [6.45, 7) is 0.209. The van der Waals surface area contributed by atoms with Crippen LogP contribution in [0.25, 0.3) is 6.08 Å². The molecule has 0 aromatic heterocycles. The number of carbonyl (C=O) groups excluding carboxylic acids is 1. The van der Waals surface area contributed by atoms with Gasteiger partial charge in [-0.05, 0) is 93.4 Å². The molecule has 1 fully saturated rings. The lowest BCUT2D eigenvalue weighted by Crippen LogP contribution is -2.28. The number of aliphatic imine (C=N–C) groups is 1. The van der Waals surface area contributed by atoms with Gasteiger partial charge in [-0.3, -0.25) is 9.69 Å². The van der Waals surface area contributed by atoms with E-state index in [0.29, 0.717) is 31.5 Å². The molecule has 0 atom stereocenters. The van der Waals surface area contributed by atoms with Crippen LogP contribution in [-0.4, -0.2) is 46.4 Å². The predicted molar refractivity (Wildman–Crippen MR) is 142 cm³/mol. The number of hydrogen-bond acceptors (Lipinski definition) is 7. The lowest BCUT2D eigenvalue weighted by atomic mass is 10.1. The Morgan fingerprint density at radius 2 is 1.78 bits per heavy atom. The first-order valence-electron chi connectivity index (χ1n) is 10.6. The van der Waals surface area contributed by atoms with Crippen LogP contribution in [0.5, 0.6) is 17.2 Å². The smallest absolute Gasteiger partial charge is 0.335 e. The number of methoxy groups -OCH3 is 2. The molecule has 184 valence electrons. The summed E-state index contributed by atoms with van der Waals surface area (Å²) in [6.07, 6.45) is 1.71. The van der Waals surface area contributed by atoms with Crippen LogP contribution in [0.2, 0.25) is 0 Å². The highest BCUT2D eigenvalue weighted by Gasteiger charge is 2.33. The van der Waals surface area contributed by atoms with E-state index in [2.05, 4.69) is 20.9 Å². The molecular weight excluding hydrogens is 548 g/mol. The predicted octanol–water partition coefficient (Wildman–Crippen LogP) is 5.67. The van der Waals surface area contributed by atoms with Gasteiger partial charge in [-0.25, -0.2) is 9.79 Å². The van der Waals surface area contributed by atoms with Crippen molar-refractivity contribution in [1.29, 1.82) is 0 Å². The Morgan fingerprint density at radius 3 is 2.39 bits per heavy atom. The molecule has 0 radical (unpaired) electrons. The summed E-state index contributed by atoms with van der Waals surface area (Å²) >= 11 is 4.53. The van der Waals surface area contributed by atoms with Gasteiger partial charge in [0.1, 0.15) is 5.75 Å². The van der Waals surface area contributed by atoms with Gasteiger partial charge in [0.2, 0.25) is 0 Å². The highest BCUT2D eigenvalue weighted by atomic mass is 79.9. The van der Waals surface area contributed by atoms with E-state index in [1.165, 1.54) is 31.0 Å². The molecular formula is C26H21BrN2O6S. The zero-order chi connectivity index (χ0) is 25.8. The maximum absolute atomic E-state index is 13.4. The van der Waals surface area contributed by atoms with E-state index in [4.69, 9.17) is 14.6 Å². The Hall–Kier alpha value is -3.76. The van der Waals surface area contributed by atoms with Crippen molar-refractivity contribution in [2.75, 3.05) is 14.2 Å². The van der Waals surface area contributed by atoms with Crippen LogP contribution in [0.15, 0.2) is 75.0 Å². The highest BCUT2D eigenvalue weighted by Crippen LogP contribution is 2.39. The van der Waals surface area contributed by atoms with E-state index in [0.717, 1.165) is 5.56 Å². The zero-order valence-corrected chi connectivity index (χ0v) is 21.7. The molecule has 1 saturated heterocycles. The number of carbonyl (C=O) groups is 2. The summed E-state index contributed by atoms with van der Waals surface area (Å²) in [5, 5.41) is 19.7. The van der Waals surface area contributed by atoms with E-state index >= 15 is 0 Å². The van der Waals surface area contributed by atoms with Crippen LogP contribution < -0.4 is 9.47 Å². The van der Waals surface area contributed by atoms with Gasteiger partial charge in [0.05, 0.1) is 41.4 Å². The SMILES string of the molecule is COc1ccc(N=C2S/C(=C\c3cc(Br)c(O)c(OC)c3)C(=O)N2Cc2ccc(C(=O)O)cc2)cc1. The quantitative estimate of drug-likeness (QED) is 0.353. The van der Waals surface area contributed by atoms with Crippen molar-refractivity contribution >= 4 is 56.5 Å². The number of thioether (sulfide) groups is 1. The lowest BCUT2D eigenvalue weighted by molar-refractivity contribution is -0.122. The monoisotopic (exact) mass is 568 g/mol. The highest BCUT2D eigenvalue weighted by molar-refractivity contribution is 9.10. The Balaban J connectivity index is 1.71. The first kappa shape index (κ1) is 25.3. The molecule has 8 nitrogen and oxygen atoms in total. The number of phenolic OH excluding ortho intramolecular Hbond substituents is 1. The van der Waals surface area contributed by atoms with Gasteiger partial charge in [-0.2, -0.15) is 0 Å². The van der Waals surface area contributed by atoms with E-state index in [-0.39, 0.29) is 29.5 Å². The number of amidine groups is 1. The Morgan fingerprint density at radius 1 is 1.08 bits per heavy atom. The van der Waals surface area contributed by atoms with Gasteiger partial charge in [-0.15, -0.1) is 0 Å².